The first-order chi connectivity index (χ1) is 9.36. The highest BCUT2D eigenvalue weighted by Crippen LogP contribution is 2.28. The quantitative estimate of drug-likeness (QED) is 0.740. The Kier molecular flexibility index (Phi) is 5.53. The minimum absolute atomic E-state index is 0.0148. The number of carbonyl (C=O) groups excluding carboxylic acids is 1. The molecule has 20 heavy (non-hydrogen) atoms. The fourth-order valence-corrected chi connectivity index (χ4v) is 1.38. The first-order valence-electron chi connectivity index (χ1n) is 6.01. The summed E-state index contributed by atoms with van der Waals surface area (Å²) in [6.45, 7) is 2.47. The molecular weight excluding hydrogens is 275 g/mol. The van der Waals surface area contributed by atoms with Crippen LogP contribution in [-0.2, 0) is 11.0 Å². The molecule has 0 aliphatic rings. The second kappa shape index (κ2) is 6.92. The van der Waals surface area contributed by atoms with E-state index in [1.54, 1.807) is 6.92 Å². The summed E-state index contributed by atoms with van der Waals surface area (Å²) in [4.78, 5) is 17.9. The van der Waals surface area contributed by atoms with Gasteiger partial charge in [0.25, 0.3) is 0 Å². The van der Waals surface area contributed by atoms with Gasteiger partial charge in [0.05, 0.1) is 0 Å². The van der Waals surface area contributed by atoms with Crippen molar-refractivity contribution in [1.82, 2.24) is 15.3 Å². The smallest absolute Gasteiger partial charge is 0.373 e. The fourth-order valence-electron chi connectivity index (χ4n) is 1.38. The molecule has 3 N–H and O–H groups in total. The molecule has 0 fully saturated rings. The van der Waals surface area contributed by atoms with Crippen molar-refractivity contribution >= 4 is 17.5 Å². The number of hydrogen-bond donors (Lipinski definition) is 3. The van der Waals surface area contributed by atoms with Gasteiger partial charge in [-0.05, 0) is 6.92 Å². The van der Waals surface area contributed by atoms with Crippen LogP contribution in [0.2, 0.25) is 0 Å². The van der Waals surface area contributed by atoms with Gasteiger partial charge < -0.3 is 16.0 Å². The average Bonchev–Trinajstić information content (AvgIpc) is 2.37. The van der Waals surface area contributed by atoms with Crippen LogP contribution >= 0.6 is 0 Å². The zero-order valence-electron chi connectivity index (χ0n) is 11.1. The van der Waals surface area contributed by atoms with Crippen LogP contribution in [0, 0.1) is 0 Å². The van der Waals surface area contributed by atoms with Crippen LogP contribution in [0.15, 0.2) is 6.07 Å². The summed E-state index contributed by atoms with van der Waals surface area (Å²) >= 11 is 0. The summed E-state index contributed by atoms with van der Waals surface area (Å²) in [6, 6.07) is 1.34. The van der Waals surface area contributed by atoms with Gasteiger partial charge in [-0.1, -0.05) is 0 Å². The average molecular weight is 291 g/mol. The van der Waals surface area contributed by atoms with E-state index in [1.165, 1.54) is 13.1 Å². The van der Waals surface area contributed by atoms with Gasteiger partial charge in [-0.15, -0.1) is 0 Å². The number of carbonyl (C=O) groups is 1. The zero-order chi connectivity index (χ0) is 15.2. The van der Waals surface area contributed by atoms with Gasteiger partial charge in [0.2, 0.25) is 11.7 Å². The van der Waals surface area contributed by atoms with Crippen LogP contribution in [-0.4, -0.2) is 36.0 Å². The van der Waals surface area contributed by atoms with E-state index in [1.807, 2.05) is 0 Å². The molecule has 0 radical (unpaired) electrons. The Hall–Kier alpha value is -2.06. The highest BCUT2D eigenvalue weighted by atomic mass is 19.4. The van der Waals surface area contributed by atoms with Gasteiger partial charge in [0.15, 0.2) is 0 Å². The van der Waals surface area contributed by atoms with Crippen LogP contribution < -0.4 is 16.0 Å². The zero-order valence-corrected chi connectivity index (χ0v) is 11.1. The van der Waals surface area contributed by atoms with Crippen molar-refractivity contribution in [3.05, 3.63) is 11.9 Å². The molecule has 0 aliphatic heterocycles. The largest absolute Gasteiger partial charge is 0.451 e. The normalized spacial score (nSPS) is 11.1. The summed E-state index contributed by atoms with van der Waals surface area (Å²) in [5, 5.41) is 7.78. The lowest BCUT2D eigenvalue weighted by Crippen LogP contribution is -2.25. The van der Waals surface area contributed by atoms with Crippen LogP contribution in [0.5, 0.6) is 0 Å². The summed E-state index contributed by atoms with van der Waals surface area (Å²) in [5.41, 5.74) is 0. The Bertz CT molecular complexity index is 464. The third-order valence-electron chi connectivity index (χ3n) is 2.27. The van der Waals surface area contributed by atoms with Crippen LogP contribution in [0.4, 0.5) is 24.8 Å². The molecule has 0 spiro atoms. The van der Waals surface area contributed by atoms with Crippen molar-refractivity contribution in [1.29, 1.82) is 0 Å². The number of hydrogen-bond acceptors (Lipinski definition) is 5. The Labute approximate surface area is 114 Å². The van der Waals surface area contributed by atoms with Crippen molar-refractivity contribution < 1.29 is 18.0 Å². The maximum Gasteiger partial charge on any atom is 0.451 e. The maximum atomic E-state index is 12.6. The maximum absolute atomic E-state index is 12.6. The van der Waals surface area contributed by atoms with E-state index in [4.69, 9.17) is 0 Å². The molecule has 0 saturated carbocycles. The minimum atomic E-state index is -4.62. The van der Waals surface area contributed by atoms with Crippen molar-refractivity contribution in [2.45, 2.75) is 19.5 Å². The van der Waals surface area contributed by atoms with E-state index < -0.39 is 12.0 Å². The molecule has 0 bridgehead atoms. The van der Waals surface area contributed by atoms with Gasteiger partial charge in [0, 0.05) is 32.6 Å². The topological polar surface area (TPSA) is 78.9 Å². The molecule has 1 rings (SSSR count). The van der Waals surface area contributed by atoms with Gasteiger partial charge in [-0.2, -0.15) is 13.2 Å². The van der Waals surface area contributed by atoms with E-state index >= 15 is 0 Å². The summed E-state index contributed by atoms with van der Waals surface area (Å²) in [5.74, 6) is -1.35. The lowest BCUT2D eigenvalue weighted by atomic mass is 10.4. The lowest BCUT2D eigenvalue weighted by molar-refractivity contribution is -0.144. The number of nitrogens with zero attached hydrogens (tertiary/aromatic N) is 2. The molecular formula is C11H16F3N5O. The van der Waals surface area contributed by atoms with Crippen molar-refractivity contribution in [3.8, 4) is 0 Å². The monoisotopic (exact) mass is 291 g/mol. The van der Waals surface area contributed by atoms with E-state index in [9.17, 15) is 18.0 Å². The molecule has 1 aromatic rings. The number of anilines is 2. The Morgan fingerprint density at radius 3 is 2.50 bits per heavy atom. The molecule has 0 unspecified atom stereocenters. The fraction of sp³-hybridized carbons (Fsp3) is 0.545. The van der Waals surface area contributed by atoms with Crippen molar-refractivity contribution in [2.24, 2.45) is 0 Å². The van der Waals surface area contributed by atoms with E-state index in [0.29, 0.717) is 6.54 Å². The van der Waals surface area contributed by atoms with E-state index in [2.05, 4.69) is 25.9 Å². The standard InChI is InChI=1S/C11H16F3N5O/c1-3-16-9(20)4-5-17-8-6-7(15-2)18-10(19-8)11(12,13)14/h6H,3-5H2,1-2H3,(H,16,20)(H2,15,17,18,19). The van der Waals surface area contributed by atoms with E-state index in [-0.39, 0.29) is 30.5 Å². The molecule has 0 aromatic carbocycles. The molecule has 1 heterocycles. The number of nitrogens with one attached hydrogen (secondary N) is 3. The van der Waals surface area contributed by atoms with Crippen molar-refractivity contribution in [3.63, 3.8) is 0 Å². The predicted octanol–water partition coefficient (Wildman–Crippen LogP) is 1.48. The summed E-state index contributed by atoms with van der Waals surface area (Å²) in [7, 11) is 1.46. The Balaban J connectivity index is 2.72. The summed E-state index contributed by atoms with van der Waals surface area (Å²) in [6.07, 6.45) is -4.48. The molecule has 0 aliphatic carbocycles. The number of halogens is 3. The number of alkyl halides is 3. The number of rotatable bonds is 6. The van der Waals surface area contributed by atoms with Crippen LogP contribution in [0.1, 0.15) is 19.2 Å². The molecule has 1 amide bonds. The van der Waals surface area contributed by atoms with Gasteiger partial charge in [-0.25, -0.2) is 9.97 Å². The molecule has 112 valence electrons. The first-order valence-corrected chi connectivity index (χ1v) is 6.01. The molecule has 0 atom stereocenters. The number of aromatic nitrogens is 2. The summed E-state index contributed by atoms with van der Waals surface area (Å²) < 4.78 is 37.8. The highest BCUT2D eigenvalue weighted by Gasteiger charge is 2.35. The molecule has 6 nitrogen and oxygen atoms in total. The Morgan fingerprint density at radius 1 is 1.30 bits per heavy atom. The van der Waals surface area contributed by atoms with Gasteiger partial charge in [-0.3, -0.25) is 4.79 Å². The Morgan fingerprint density at radius 2 is 1.95 bits per heavy atom. The molecule has 1 aromatic heterocycles. The highest BCUT2D eigenvalue weighted by molar-refractivity contribution is 5.76. The second-order valence-corrected chi connectivity index (χ2v) is 3.84. The SMILES string of the molecule is CCNC(=O)CCNc1cc(NC)nc(C(F)(F)F)n1. The predicted molar refractivity (Wildman–Crippen MR) is 68.4 cm³/mol. The second-order valence-electron chi connectivity index (χ2n) is 3.84. The lowest BCUT2D eigenvalue weighted by Gasteiger charge is -2.11. The van der Waals surface area contributed by atoms with Gasteiger partial charge >= 0.3 is 6.18 Å². The molecule has 0 saturated heterocycles. The third-order valence-corrected chi connectivity index (χ3v) is 2.27. The van der Waals surface area contributed by atoms with E-state index in [0.717, 1.165) is 0 Å². The first kappa shape index (κ1) is 16.0. The molecule has 9 heteroatoms. The van der Waals surface area contributed by atoms with Gasteiger partial charge in [0.1, 0.15) is 11.6 Å². The minimum Gasteiger partial charge on any atom is -0.373 e. The number of amides is 1. The van der Waals surface area contributed by atoms with Crippen molar-refractivity contribution in [2.75, 3.05) is 30.8 Å². The van der Waals surface area contributed by atoms with Crippen LogP contribution in [0.25, 0.3) is 0 Å². The third kappa shape index (κ3) is 4.90. The van der Waals surface area contributed by atoms with Crippen LogP contribution in [0.3, 0.4) is 0 Å².